The summed E-state index contributed by atoms with van der Waals surface area (Å²) in [6.45, 7) is 5.59. The van der Waals surface area contributed by atoms with E-state index in [1.807, 2.05) is 6.07 Å². The SMILES string of the molecule is CC(C)(C)OC(=O)N[C@@H](C(=O)N1CCCC1C(=O)Nc1ccc2oc(-c3ccc([N+](=O)[O-])cc3)cc2c1)c1ccccc1. The lowest BCUT2D eigenvalue weighted by Gasteiger charge is -2.29. The lowest BCUT2D eigenvalue weighted by Crippen LogP contribution is -2.49. The minimum absolute atomic E-state index is 0.0139. The van der Waals surface area contributed by atoms with Crippen LogP contribution in [0.25, 0.3) is 22.3 Å². The highest BCUT2D eigenvalue weighted by Crippen LogP contribution is 2.31. The number of likely N-dealkylation sites (tertiary alicyclic amines) is 1. The number of rotatable bonds is 7. The van der Waals surface area contributed by atoms with Crippen molar-refractivity contribution in [3.05, 3.63) is 94.5 Å². The molecule has 0 saturated carbocycles. The number of nitro groups is 1. The number of nitrogens with zero attached hydrogens (tertiary/aromatic N) is 2. The third kappa shape index (κ3) is 6.83. The van der Waals surface area contributed by atoms with E-state index in [9.17, 15) is 24.5 Å². The van der Waals surface area contributed by atoms with Crippen LogP contribution in [0.4, 0.5) is 16.2 Å². The van der Waals surface area contributed by atoms with Gasteiger partial charge in [0.05, 0.1) is 4.92 Å². The Hall–Kier alpha value is -5.19. The van der Waals surface area contributed by atoms with Gasteiger partial charge in [-0.05, 0) is 75.6 Å². The van der Waals surface area contributed by atoms with Gasteiger partial charge in [0.2, 0.25) is 5.91 Å². The van der Waals surface area contributed by atoms with Crippen LogP contribution in [0.1, 0.15) is 45.2 Å². The number of amides is 3. The summed E-state index contributed by atoms with van der Waals surface area (Å²) in [6.07, 6.45) is 0.386. The van der Waals surface area contributed by atoms with Crippen molar-refractivity contribution in [2.75, 3.05) is 11.9 Å². The number of furan rings is 1. The van der Waals surface area contributed by atoms with E-state index in [1.165, 1.54) is 17.0 Å². The van der Waals surface area contributed by atoms with Gasteiger partial charge in [-0.25, -0.2) is 4.79 Å². The zero-order valence-corrected chi connectivity index (χ0v) is 24.0. The fourth-order valence-electron chi connectivity index (χ4n) is 5.06. The summed E-state index contributed by atoms with van der Waals surface area (Å²) >= 11 is 0. The topological polar surface area (TPSA) is 144 Å². The lowest BCUT2D eigenvalue weighted by atomic mass is 10.0. The monoisotopic (exact) mass is 584 g/mol. The molecule has 222 valence electrons. The Kier molecular flexibility index (Phi) is 8.16. The zero-order chi connectivity index (χ0) is 30.7. The van der Waals surface area contributed by atoms with Crippen LogP contribution in [-0.4, -0.2) is 45.9 Å². The van der Waals surface area contributed by atoms with Crippen molar-refractivity contribution in [2.24, 2.45) is 0 Å². The van der Waals surface area contributed by atoms with Crippen molar-refractivity contribution in [3.63, 3.8) is 0 Å². The number of fused-ring (bicyclic) bond motifs is 1. The standard InChI is InChI=1S/C32H32N4O7/c1-32(2,3)43-31(39)34-28(21-8-5-4-6-9-21)30(38)35-17-7-10-25(35)29(37)33-23-13-16-26-22(18-23)19-27(42-26)20-11-14-24(15-12-20)36(40)41/h4-6,8-9,11-16,18-19,25,28H,7,10,17H2,1-3H3,(H,33,37)(H,34,39)/t25?,28-/m1/s1. The molecule has 11 nitrogen and oxygen atoms in total. The van der Waals surface area contributed by atoms with E-state index in [4.69, 9.17) is 9.15 Å². The number of nitro benzene ring substituents is 1. The number of alkyl carbamates (subject to hydrolysis) is 1. The second-order valence-electron chi connectivity index (χ2n) is 11.3. The molecule has 1 aliphatic rings. The second-order valence-corrected chi connectivity index (χ2v) is 11.3. The fraction of sp³-hybridized carbons (Fsp3) is 0.281. The third-order valence-electron chi connectivity index (χ3n) is 7.03. The van der Waals surface area contributed by atoms with Crippen molar-refractivity contribution >= 4 is 40.3 Å². The van der Waals surface area contributed by atoms with E-state index >= 15 is 0 Å². The van der Waals surface area contributed by atoms with Gasteiger partial charge in [-0.3, -0.25) is 19.7 Å². The Balaban J connectivity index is 1.32. The van der Waals surface area contributed by atoms with Crippen LogP contribution < -0.4 is 10.6 Å². The summed E-state index contributed by atoms with van der Waals surface area (Å²) < 4.78 is 11.3. The number of carbonyl (C=O) groups excluding carboxylic acids is 3. The van der Waals surface area contributed by atoms with Crippen LogP contribution in [0.2, 0.25) is 0 Å². The second kappa shape index (κ2) is 12.0. The number of ether oxygens (including phenoxy) is 1. The van der Waals surface area contributed by atoms with Gasteiger partial charge in [-0.15, -0.1) is 0 Å². The van der Waals surface area contributed by atoms with Crippen molar-refractivity contribution in [2.45, 2.75) is 51.3 Å². The summed E-state index contributed by atoms with van der Waals surface area (Å²) in [6, 6.07) is 20.2. The Labute approximate surface area is 248 Å². The van der Waals surface area contributed by atoms with Gasteiger partial charge in [0, 0.05) is 35.3 Å². The predicted molar refractivity (Wildman–Crippen MR) is 160 cm³/mol. The number of non-ortho nitro benzene ring substituents is 1. The number of benzene rings is 3. The molecule has 1 aromatic heterocycles. The largest absolute Gasteiger partial charge is 0.456 e. The number of hydrogen-bond acceptors (Lipinski definition) is 7. The van der Waals surface area contributed by atoms with Crippen LogP contribution in [0.3, 0.4) is 0 Å². The van der Waals surface area contributed by atoms with E-state index in [-0.39, 0.29) is 11.6 Å². The number of hydrogen-bond donors (Lipinski definition) is 2. The van der Waals surface area contributed by atoms with Gasteiger partial charge in [0.1, 0.15) is 29.0 Å². The molecule has 0 radical (unpaired) electrons. The highest BCUT2D eigenvalue weighted by Gasteiger charge is 2.38. The maximum Gasteiger partial charge on any atom is 0.408 e. The number of nitrogens with one attached hydrogen (secondary N) is 2. The molecule has 5 rings (SSSR count). The molecule has 3 amide bonds. The molecule has 11 heteroatoms. The van der Waals surface area contributed by atoms with Gasteiger partial charge in [-0.2, -0.15) is 0 Å². The molecule has 0 aliphatic carbocycles. The molecule has 0 bridgehead atoms. The average Bonchev–Trinajstić information content (AvgIpc) is 3.63. The fourth-order valence-corrected chi connectivity index (χ4v) is 5.06. The summed E-state index contributed by atoms with van der Waals surface area (Å²) in [5, 5.41) is 17.3. The van der Waals surface area contributed by atoms with E-state index < -0.39 is 34.6 Å². The van der Waals surface area contributed by atoms with Gasteiger partial charge in [-0.1, -0.05) is 30.3 Å². The first-order valence-electron chi connectivity index (χ1n) is 13.9. The van der Waals surface area contributed by atoms with Crippen molar-refractivity contribution in [1.29, 1.82) is 0 Å². The van der Waals surface area contributed by atoms with Gasteiger partial charge < -0.3 is 24.7 Å². The summed E-state index contributed by atoms with van der Waals surface area (Å²) in [7, 11) is 0. The molecule has 2 heterocycles. The van der Waals surface area contributed by atoms with Crippen LogP contribution in [0.15, 0.2) is 83.3 Å². The predicted octanol–water partition coefficient (Wildman–Crippen LogP) is 6.20. The molecule has 1 saturated heterocycles. The maximum absolute atomic E-state index is 13.8. The van der Waals surface area contributed by atoms with Crippen molar-refractivity contribution in [3.8, 4) is 11.3 Å². The Bertz CT molecular complexity index is 1660. The van der Waals surface area contributed by atoms with Gasteiger partial charge in [0.25, 0.3) is 11.6 Å². The smallest absolute Gasteiger partial charge is 0.408 e. The Morgan fingerprint density at radius 3 is 2.42 bits per heavy atom. The summed E-state index contributed by atoms with van der Waals surface area (Å²) in [5.41, 5.74) is 1.62. The van der Waals surface area contributed by atoms with Crippen LogP contribution in [0.5, 0.6) is 0 Å². The molecule has 3 aromatic carbocycles. The average molecular weight is 585 g/mol. The first kappa shape index (κ1) is 29.3. The minimum atomic E-state index is -1.02. The van der Waals surface area contributed by atoms with Crippen molar-refractivity contribution in [1.82, 2.24) is 10.2 Å². The Morgan fingerprint density at radius 1 is 1.02 bits per heavy atom. The first-order chi connectivity index (χ1) is 20.5. The summed E-state index contributed by atoms with van der Waals surface area (Å²) in [4.78, 5) is 51.9. The quantitative estimate of drug-likeness (QED) is 0.194. The minimum Gasteiger partial charge on any atom is -0.456 e. The normalized spacial score (nSPS) is 15.6. The van der Waals surface area contributed by atoms with Crippen LogP contribution in [-0.2, 0) is 14.3 Å². The molecular formula is C32H32N4O7. The van der Waals surface area contributed by atoms with Crippen LogP contribution in [0, 0.1) is 10.1 Å². The van der Waals surface area contributed by atoms with E-state index in [2.05, 4.69) is 10.6 Å². The number of carbonyl (C=O) groups is 3. The molecule has 4 aromatic rings. The molecule has 2 N–H and O–H groups in total. The molecule has 2 atom stereocenters. The van der Waals surface area contributed by atoms with Gasteiger partial charge in [0.15, 0.2) is 0 Å². The molecular weight excluding hydrogens is 552 g/mol. The molecule has 1 fully saturated rings. The third-order valence-corrected chi connectivity index (χ3v) is 7.03. The maximum atomic E-state index is 13.8. The first-order valence-corrected chi connectivity index (χ1v) is 13.9. The van der Waals surface area contributed by atoms with E-state index in [1.54, 1.807) is 81.4 Å². The summed E-state index contributed by atoms with van der Waals surface area (Å²) in [5.74, 6) is -0.202. The highest BCUT2D eigenvalue weighted by atomic mass is 16.6. The lowest BCUT2D eigenvalue weighted by molar-refractivity contribution is -0.384. The van der Waals surface area contributed by atoms with Gasteiger partial charge >= 0.3 is 6.09 Å². The number of anilines is 1. The van der Waals surface area contributed by atoms with Crippen molar-refractivity contribution < 1.29 is 28.5 Å². The molecule has 1 aliphatic heterocycles. The van der Waals surface area contributed by atoms with Crippen LogP contribution >= 0.6 is 0 Å². The molecule has 1 unspecified atom stereocenters. The molecule has 0 spiro atoms. The molecule has 43 heavy (non-hydrogen) atoms. The van der Waals surface area contributed by atoms with E-state index in [0.717, 1.165) is 5.39 Å². The van der Waals surface area contributed by atoms with E-state index in [0.29, 0.717) is 47.5 Å². The zero-order valence-electron chi connectivity index (χ0n) is 24.0. The Morgan fingerprint density at radius 2 is 1.74 bits per heavy atom. The highest BCUT2D eigenvalue weighted by molar-refractivity contribution is 6.00.